The van der Waals surface area contributed by atoms with Crippen LogP contribution in [0.5, 0.6) is 0 Å². The summed E-state index contributed by atoms with van der Waals surface area (Å²) in [5.41, 5.74) is 2.31. The van der Waals surface area contributed by atoms with Gasteiger partial charge in [-0.2, -0.15) is 0 Å². The summed E-state index contributed by atoms with van der Waals surface area (Å²) in [6, 6.07) is 13.7. The third-order valence-corrected chi connectivity index (χ3v) is 7.06. The Hall–Kier alpha value is -1.92. The fourth-order valence-corrected chi connectivity index (χ4v) is 5.24. The summed E-state index contributed by atoms with van der Waals surface area (Å²) in [4.78, 5) is 29.2. The van der Waals surface area contributed by atoms with E-state index in [1.165, 1.54) is 11.8 Å². The molecule has 134 valence electrons. The van der Waals surface area contributed by atoms with Gasteiger partial charge in [0.25, 0.3) is 5.91 Å². The molecule has 0 saturated carbocycles. The topological polar surface area (TPSA) is 49.4 Å². The van der Waals surface area contributed by atoms with Crippen LogP contribution in [-0.4, -0.2) is 28.9 Å². The predicted octanol–water partition coefficient (Wildman–Crippen LogP) is 4.65. The van der Waals surface area contributed by atoms with Crippen molar-refractivity contribution in [2.24, 2.45) is 0 Å². The molecule has 0 spiro atoms. The first-order chi connectivity index (χ1) is 12.5. The summed E-state index contributed by atoms with van der Waals surface area (Å²) in [5, 5.41) is 3.27. The largest absolute Gasteiger partial charge is 0.324 e. The van der Waals surface area contributed by atoms with Crippen LogP contribution in [0.3, 0.4) is 0 Å². The lowest BCUT2D eigenvalue weighted by Crippen LogP contribution is -2.32. The van der Waals surface area contributed by atoms with Crippen LogP contribution in [-0.2, 0) is 4.79 Å². The molecule has 0 radical (unpaired) electrons. The lowest BCUT2D eigenvalue weighted by Gasteiger charge is -2.25. The molecular weight excluding hydrogens is 364 g/mol. The first-order valence-electron chi connectivity index (χ1n) is 8.72. The molecule has 2 heterocycles. The Kier molecular flexibility index (Phi) is 4.71. The molecule has 0 aromatic heterocycles. The zero-order valence-corrected chi connectivity index (χ0v) is 16.3. The molecule has 4 rings (SSSR count). The third-order valence-electron chi connectivity index (χ3n) is 4.65. The Labute approximate surface area is 161 Å². The van der Waals surface area contributed by atoms with Gasteiger partial charge in [0, 0.05) is 27.1 Å². The zero-order chi connectivity index (χ0) is 18.3. The number of hydrogen-bond acceptors (Lipinski definition) is 4. The number of nitrogens with one attached hydrogen (secondary N) is 1. The van der Waals surface area contributed by atoms with E-state index < -0.39 is 0 Å². The van der Waals surface area contributed by atoms with Gasteiger partial charge in [-0.25, -0.2) is 0 Å². The van der Waals surface area contributed by atoms with Crippen LogP contribution >= 0.6 is 23.5 Å². The molecule has 2 aliphatic heterocycles. The van der Waals surface area contributed by atoms with Crippen LogP contribution in [0.2, 0.25) is 0 Å². The average molecular weight is 385 g/mol. The van der Waals surface area contributed by atoms with Gasteiger partial charge in [0.15, 0.2) is 0 Å². The quantitative estimate of drug-likeness (QED) is 0.777. The van der Waals surface area contributed by atoms with Crippen LogP contribution < -0.4 is 10.2 Å². The van der Waals surface area contributed by atoms with Crippen molar-refractivity contribution in [2.75, 3.05) is 16.8 Å². The normalized spacial score (nSPS) is 22.1. The Bertz CT molecular complexity index is 884. The number of carbonyl (C=O) groups excluding carboxylic acids is 2. The maximum atomic E-state index is 13.3. The first-order valence-corrected chi connectivity index (χ1v) is 10.5. The molecule has 2 aliphatic rings. The second-order valence-corrected chi connectivity index (χ2v) is 9.46. The van der Waals surface area contributed by atoms with Crippen molar-refractivity contribution < 1.29 is 9.59 Å². The van der Waals surface area contributed by atoms with E-state index in [9.17, 15) is 9.59 Å². The van der Waals surface area contributed by atoms with E-state index in [1.54, 1.807) is 6.07 Å². The highest BCUT2D eigenvalue weighted by Gasteiger charge is 2.27. The summed E-state index contributed by atoms with van der Waals surface area (Å²) >= 11 is 3.35. The van der Waals surface area contributed by atoms with Gasteiger partial charge in [0.05, 0.1) is 16.6 Å². The third kappa shape index (κ3) is 3.23. The van der Waals surface area contributed by atoms with Crippen molar-refractivity contribution in [1.82, 2.24) is 0 Å². The highest BCUT2D eigenvalue weighted by atomic mass is 32.2. The molecule has 0 unspecified atom stereocenters. The highest BCUT2D eigenvalue weighted by Crippen LogP contribution is 2.39. The number of rotatable bonds is 1. The van der Waals surface area contributed by atoms with Gasteiger partial charge >= 0.3 is 0 Å². The van der Waals surface area contributed by atoms with E-state index in [-0.39, 0.29) is 17.1 Å². The Morgan fingerprint density at radius 2 is 1.92 bits per heavy atom. The van der Waals surface area contributed by atoms with Gasteiger partial charge in [-0.1, -0.05) is 19.1 Å². The number of nitrogens with zero attached hydrogens (tertiary/aromatic N) is 1. The summed E-state index contributed by atoms with van der Waals surface area (Å²) in [6.45, 7) is 4.77. The summed E-state index contributed by atoms with van der Waals surface area (Å²) < 4.78 is 0. The van der Waals surface area contributed by atoms with Crippen molar-refractivity contribution in [3.8, 4) is 0 Å². The minimum Gasteiger partial charge on any atom is -0.324 e. The molecule has 2 atom stereocenters. The van der Waals surface area contributed by atoms with Crippen LogP contribution in [0.1, 0.15) is 30.6 Å². The average Bonchev–Trinajstić information content (AvgIpc) is 2.80. The SMILES string of the molecule is C[C@@H]1Sc2ccc(C(=O)N3CC[C@H](C)Sc4ccccc43)cc2NC1=O. The van der Waals surface area contributed by atoms with Gasteiger partial charge in [-0.3, -0.25) is 9.59 Å². The summed E-state index contributed by atoms with van der Waals surface area (Å²) in [5.74, 6) is -0.0368. The highest BCUT2D eigenvalue weighted by molar-refractivity contribution is 8.01. The second kappa shape index (κ2) is 7.00. The lowest BCUT2D eigenvalue weighted by atomic mass is 10.1. The van der Waals surface area contributed by atoms with Crippen molar-refractivity contribution in [2.45, 2.75) is 40.6 Å². The van der Waals surface area contributed by atoms with Crippen molar-refractivity contribution in [3.05, 3.63) is 48.0 Å². The number of thioether (sulfide) groups is 2. The summed E-state index contributed by atoms with van der Waals surface area (Å²) in [6.07, 6.45) is 0.945. The van der Waals surface area contributed by atoms with Crippen molar-refractivity contribution in [1.29, 1.82) is 0 Å². The predicted molar refractivity (Wildman–Crippen MR) is 108 cm³/mol. The standard InChI is InChI=1S/C20H20N2O2S2/c1-12-9-10-22(16-5-3-4-6-18(16)25-12)20(24)14-7-8-17-15(11-14)21-19(23)13(2)26-17/h3-8,11-13H,9-10H2,1-2H3,(H,21,23)/t12-,13-/m0/s1. The van der Waals surface area contributed by atoms with E-state index >= 15 is 0 Å². The van der Waals surface area contributed by atoms with Gasteiger partial charge < -0.3 is 10.2 Å². The van der Waals surface area contributed by atoms with E-state index in [0.717, 1.165) is 27.6 Å². The molecule has 2 amide bonds. The molecule has 26 heavy (non-hydrogen) atoms. The molecule has 0 bridgehead atoms. The Morgan fingerprint density at radius 3 is 2.77 bits per heavy atom. The number of fused-ring (bicyclic) bond motifs is 2. The van der Waals surface area contributed by atoms with Crippen LogP contribution in [0, 0.1) is 0 Å². The molecule has 6 heteroatoms. The molecule has 0 saturated heterocycles. The van der Waals surface area contributed by atoms with E-state index in [4.69, 9.17) is 0 Å². The number of para-hydroxylation sites is 1. The molecule has 2 aromatic rings. The zero-order valence-electron chi connectivity index (χ0n) is 14.7. The fraction of sp³-hybridized carbons (Fsp3) is 0.300. The number of anilines is 2. The molecule has 0 aliphatic carbocycles. The van der Waals surface area contributed by atoms with Gasteiger partial charge in [-0.05, 0) is 43.7 Å². The van der Waals surface area contributed by atoms with E-state index in [0.29, 0.717) is 17.4 Å². The monoisotopic (exact) mass is 384 g/mol. The van der Waals surface area contributed by atoms with Crippen LogP contribution in [0.15, 0.2) is 52.3 Å². The number of benzene rings is 2. The maximum Gasteiger partial charge on any atom is 0.258 e. The smallest absolute Gasteiger partial charge is 0.258 e. The molecule has 1 N–H and O–H groups in total. The van der Waals surface area contributed by atoms with E-state index in [2.05, 4.69) is 18.3 Å². The maximum absolute atomic E-state index is 13.3. The van der Waals surface area contributed by atoms with E-state index in [1.807, 2.05) is 53.9 Å². The van der Waals surface area contributed by atoms with Crippen LogP contribution in [0.4, 0.5) is 11.4 Å². The summed E-state index contributed by atoms with van der Waals surface area (Å²) in [7, 11) is 0. The second-order valence-electron chi connectivity index (χ2n) is 6.60. The molecule has 4 nitrogen and oxygen atoms in total. The van der Waals surface area contributed by atoms with Crippen molar-refractivity contribution >= 4 is 46.7 Å². The molecule has 0 fully saturated rings. The van der Waals surface area contributed by atoms with Gasteiger partial charge in [0.2, 0.25) is 5.91 Å². The first kappa shape index (κ1) is 17.5. The molecular formula is C20H20N2O2S2. The number of hydrogen-bond donors (Lipinski definition) is 1. The fourth-order valence-electron chi connectivity index (χ4n) is 3.20. The Balaban J connectivity index is 1.68. The number of amides is 2. The minimum absolute atomic E-state index is 0.0163. The van der Waals surface area contributed by atoms with Gasteiger partial charge in [-0.15, -0.1) is 23.5 Å². The van der Waals surface area contributed by atoms with Crippen molar-refractivity contribution in [3.63, 3.8) is 0 Å². The Morgan fingerprint density at radius 1 is 1.12 bits per heavy atom. The van der Waals surface area contributed by atoms with Crippen LogP contribution in [0.25, 0.3) is 0 Å². The van der Waals surface area contributed by atoms with Gasteiger partial charge in [0.1, 0.15) is 0 Å². The minimum atomic E-state index is -0.111. The lowest BCUT2D eigenvalue weighted by molar-refractivity contribution is -0.115. The molecule has 2 aromatic carbocycles. The number of carbonyl (C=O) groups is 2.